The standard InChI is InChI=1S/C12H15FO3/c1-12(2,3)9-5-4-8(6-10(9)13)16-7-11(14)15/h4-6H,7H2,1-3H3,(H,14,15). The summed E-state index contributed by atoms with van der Waals surface area (Å²) in [7, 11) is 0. The van der Waals surface area contributed by atoms with Gasteiger partial charge in [0, 0.05) is 6.07 Å². The van der Waals surface area contributed by atoms with Crippen LogP contribution in [0.2, 0.25) is 0 Å². The van der Waals surface area contributed by atoms with Crippen LogP contribution in [0.3, 0.4) is 0 Å². The largest absolute Gasteiger partial charge is 0.482 e. The van der Waals surface area contributed by atoms with Gasteiger partial charge in [0.1, 0.15) is 11.6 Å². The summed E-state index contributed by atoms with van der Waals surface area (Å²) >= 11 is 0. The van der Waals surface area contributed by atoms with Crippen molar-refractivity contribution in [3.05, 3.63) is 29.6 Å². The second-order valence-corrected chi connectivity index (χ2v) is 4.57. The van der Waals surface area contributed by atoms with Crippen molar-refractivity contribution < 1.29 is 19.0 Å². The SMILES string of the molecule is CC(C)(C)c1ccc(OCC(=O)O)cc1F. The third-order valence-electron chi connectivity index (χ3n) is 2.11. The van der Waals surface area contributed by atoms with Crippen molar-refractivity contribution >= 4 is 5.97 Å². The minimum Gasteiger partial charge on any atom is -0.482 e. The average Bonchev–Trinajstić information content (AvgIpc) is 2.12. The van der Waals surface area contributed by atoms with Crippen molar-refractivity contribution in [2.75, 3.05) is 6.61 Å². The third-order valence-corrected chi connectivity index (χ3v) is 2.11. The van der Waals surface area contributed by atoms with Crippen LogP contribution in [0.1, 0.15) is 26.3 Å². The van der Waals surface area contributed by atoms with E-state index in [2.05, 4.69) is 0 Å². The smallest absolute Gasteiger partial charge is 0.341 e. The maximum absolute atomic E-state index is 13.6. The molecule has 3 nitrogen and oxygen atoms in total. The fourth-order valence-corrected chi connectivity index (χ4v) is 1.34. The van der Waals surface area contributed by atoms with E-state index in [1.54, 1.807) is 12.1 Å². The molecule has 1 N–H and O–H groups in total. The number of aliphatic carboxylic acids is 1. The van der Waals surface area contributed by atoms with Gasteiger partial charge in [-0.3, -0.25) is 0 Å². The van der Waals surface area contributed by atoms with Crippen LogP contribution in [-0.4, -0.2) is 17.7 Å². The average molecular weight is 226 g/mol. The second-order valence-electron chi connectivity index (χ2n) is 4.57. The first kappa shape index (κ1) is 12.5. The predicted octanol–water partition coefficient (Wildman–Crippen LogP) is 2.59. The van der Waals surface area contributed by atoms with Gasteiger partial charge in [-0.1, -0.05) is 26.8 Å². The molecule has 0 aromatic heterocycles. The van der Waals surface area contributed by atoms with Crippen LogP contribution in [-0.2, 0) is 10.2 Å². The minimum atomic E-state index is -1.08. The molecule has 4 heteroatoms. The van der Waals surface area contributed by atoms with Gasteiger partial charge < -0.3 is 9.84 Å². The van der Waals surface area contributed by atoms with E-state index in [1.165, 1.54) is 6.07 Å². The maximum atomic E-state index is 13.6. The number of carbonyl (C=O) groups is 1. The zero-order valence-electron chi connectivity index (χ0n) is 9.58. The lowest BCUT2D eigenvalue weighted by Crippen LogP contribution is -2.14. The molecule has 0 aliphatic carbocycles. The molecule has 1 aromatic rings. The van der Waals surface area contributed by atoms with E-state index in [0.717, 1.165) is 0 Å². The number of rotatable bonds is 3. The van der Waals surface area contributed by atoms with Gasteiger partial charge >= 0.3 is 5.97 Å². The lowest BCUT2D eigenvalue weighted by atomic mass is 9.87. The van der Waals surface area contributed by atoms with E-state index in [9.17, 15) is 9.18 Å². The Balaban J connectivity index is 2.87. The van der Waals surface area contributed by atoms with Crippen molar-refractivity contribution in [2.45, 2.75) is 26.2 Å². The molecule has 0 saturated heterocycles. The Hall–Kier alpha value is -1.58. The highest BCUT2D eigenvalue weighted by Gasteiger charge is 2.18. The topological polar surface area (TPSA) is 46.5 Å². The van der Waals surface area contributed by atoms with Gasteiger partial charge in [-0.05, 0) is 17.0 Å². The number of hydrogen-bond donors (Lipinski definition) is 1. The summed E-state index contributed by atoms with van der Waals surface area (Å²) in [6.45, 7) is 5.25. The molecule has 0 aliphatic rings. The van der Waals surface area contributed by atoms with Gasteiger partial charge in [0.2, 0.25) is 0 Å². The molecule has 0 saturated carbocycles. The normalized spacial score (nSPS) is 11.2. The van der Waals surface area contributed by atoms with Gasteiger partial charge in [-0.15, -0.1) is 0 Å². The Morgan fingerprint density at radius 1 is 1.44 bits per heavy atom. The lowest BCUT2D eigenvalue weighted by molar-refractivity contribution is -0.139. The number of halogens is 1. The molecule has 88 valence electrons. The first-order chi connectivity index (χ1) is 7.30. The Morgan fingerprint density at radius 3 is 2.50 bits per heavy atom. The summed E-state index contributed by atoms with van der Waals surface area (Å²) in [4.78, 5) is 10.3. The number of hydrogen-bond acceptors (Lipinski definition) is 2. The molecule has 0 atom stereocenters. The first-order valence-corrected chi connectivity index (χ1v) is 4.95. The van der Waals surface area contributed by atoms with E-state index in [1.807, 2.05) is 20.8 Å². The van der Waals surface area contributed by atoms with Crippen LogP contribution in [0.15, 0.2) is 18.2 Å². The van der Waals surface area contributed by atoms with E-state index < -0.39 is 12.6 Å². The van der Waals surface area contributed by atoms with Crippen LogP contribution in [0.4, 0.5) is 4.39 Å². The van der Waals surface area contributed by atoms with E-state index >= 15 is 0 Å². The van der Waals surface area contributed by atoms with Gasteiger partial charge in [0.05, 0.1) is 0 Å². The Kier molecular flexibility index (Phi) is 3.52. The summed E-state index contributed by atoms with van der Waals surface area (Å²) < 4.78 is 18.5. The molecule has 1 rings (SSSR count). The lowest BCUT2D eigenvalue weighted by Gasteiger charge is -2.20. The van der Waals surface area contributed by atoms with Gasteiger partial charge in [0.15, 0.2) is 6.61 Å². The first-order valence-electron chi connectivity index (χ1n) is 4.95. The monoisotopic (exact) mass is 226 g/mol. The molecule has 0 spiro atoms. The van der Waals surface area contributed by atoms with Crippen LogP contribution in [0.25, 0.3) is 0 Å². The highest BCUT2D eigenvalue weighted by Crippen LogP contribution is 2.27. The molecule has 0 unspecified atom stereocenters. The zero-order chi connectivity index (χ0) is 12.3. The fourth-order valence-electron chi connectivity index (χ4n) is 1.34. The molecule has 0 fully saturated rings. The van der Waals surface area contributed by atoms with Gasteiger partial charge in [-0.2, -0.15) is 0 Å². The molecule has 0 aliphatic heterocycles. The second kappa shape index (κ2) is 4.51. The van der Waals surface area contributed by atoms with E-state index in [0.29, 0.717) is 5.56 Å². The maximum Gasteiger partial charge on any atom is 0.341 e. The molecule has 16 heavy (non-hydrogen) atoms. The fraction of sp³-hybridized carbons (Fsp3) is 0.417. The molecule has 0 heterocycles. The van der Waals surface area contributed by atoms with Crippen molar-refractivity contribution in [3.63, 3.8) is 0 Å². The summed E-state index contributed by atoms with van der Waals surface area (Å²) in [5, 5.41) is 8.41. The Bertz CT molecular complexity index is 394. The number of carboxylic acid groups (broad SMARTS) is 1. The zero-order valence-corrected chi connectivity index (χ0v) is 9.58. The van der Waals surface area contributed by atoms with Crippen LogP contribution in [0.5, 0.6) is 5.75 Å². The van der Waals surface area contributed by atoms with Crippen molar-refractivity contribution in [1.29, 1.82) is 0 Å². The molecule has 0 bridgehead atoms. The summed E-state index contributed by atoms with van der Waals surface area (Å²) in [5.74, 6) is -1.23. The molecule has 1 aromatic carbocycles. The van der Waals surface area contributed by atoms with Crippen molar-refractivity contribution in [2.24, 2.45) is 0 Å². The highest BCUT2D eigenvalue weighted by molar-refractivity contribution is 5.68. The number of carboxylic acids is 1. The van der Waals surface area contributed by atoms with Gasteiger partial charge in [0.25, 0.3) is 0 Å². The summed E-state index contributed by atoms with van der Waals surface area (Å²) in [6.07, 6.45) is 0. The van der Waals surface area contributed by atoms with Crippen LogP contribution >= 0.6 is 0 Å². The summed E-state index contributed by atoms with van der Waals surface area (Å²) in [5.41, 5.74) is 0.297. The molecule has 0 radical (unpaired) electrons. The van der Waals surface area contributed by atoms with E-state index in [4.69, 9.17) is 9.84 Å². The number of benzene rings is 1. The van der Waals surface area contributed by atoms with Crippen molar-refractivity contribution in [3.8, 4) is 5.75 Å². The minimum absolute atomic E-state index is 0.230. The number of ether oxygens (including phenoxy) is 1. The highest BCUT2D eigenvalue weighted by atomic mass is 19.1. The Morgan fingerprint density at radius 2 is 2.06 bits per heavy atom. The summed E-state index contributed by atoms with van der Waals surface area (Å²) in [6, 6.07) is 4.41. The third kappa shape index (κ3) is 3.22. The molecule has 0 amide bonds. The van der Waals surface area contributed by atoms with Crippen molar-refractivity contribution in [1.82, 2.24) is 0 Å². The van der Waals surface area contributed by atoms with Crippen LogP contribution < -0.4 is 4.74 Å². The Labute approximate surface area is 93.9 Å². The molecular weight excluding hydrogens is 211 g/mol. The molecular formula is C12H15FO3. The van der Waals surface area contributed by atoms with E-state index in [-0.39, 0.29) is 17.0 Å². The van der Waals surface area contributed by atoms with Crippen LogP contribution in [0, 0.1) is 5.82 Å². The quantitative estimate of drug-likeness (QED) is 0.861. The van der Waals surface area contributed by atoms with Gasteiger partial charge in [-0.25, -0.2) is 9.18 Å². The predicted molar refractivity (Wildman–Crippen MR) is 58.2 cm³/mol.